The van der Waals surface area contributed by atoms with E-state index in [-0.39, 0.29) is 11.7 Å². The average Bonchev–Trinajstić information content (AvgIpc) is 2.41. The van der Waals surface area contributed by atoms with E-state index < -0.39 is 0 Å². The zero-order valence-electron chi connectivity index (χ0n) is 10.5. The van der Waals surface area contributed by atoms with Crippen LogP contribution in [0.1, 0.15) is 10.4 Å². The molecule has 0 saturated carbocycles. The molecule has 0 aliphatic carbocycles. The molecule has 0 fully saturated rings. The van der Waals surface area contributed by atoms with Crippen molar-refractivity contribution in [2.75, 3.05) is 12.4 Å². The number of anilines is 1. The van der Waals surface area contributed by atoms with Crippen LogP contribution in [0, 0.1) is 0 Å². The second-order valence-electron chi connectivity index (χ2n) is 3.96. The number of ether oxygens (including phenoxy) is 1. The van der Waals surface area contributed by atoms with Crippen LogP contribution in [0.25, 0.3) is 0 Å². The zero-order valence-corrected chi connectivity index (χ0v) is 12.8. The Morgan fingerprint density at radius 3 is 2.70 bits per heavy atom. The van der Waals surface area contributed by atoms with Gasteiger partial charge in [0.25, 0.3) is 5.91 Å². The minimum absolute atomic E-state index is 0.0459. The third-order valence-electron chi connectivity index (χ3n) is 2.61. The Bertz CT molecular complexity index is 661. The molecule has 0 aliphatic rings. The number of rotatable bonds is 3. The molecule has 104 valence electrons. The maximum atomic E-state index is 12.1. The smallest absolute Gasteiger partial charge is 0.256 e. The van der Waals surface area contributed by atoms with Gasteiger partial charge in [-0.25, -0.2) is 0 Å². The number of benzene rings is 2. The van der Waals surface area contributed by atoms with Crippen molar-refractivity contribution in [3.63, 3.8) is 0 Å². The maximum Gasteiger partial charge on any atom is 0.256 e. The van der Waals surface area contributed by atoms with Gasteiger partial charge >= 0.3 is 0 Å². The molecule has 0 heterocycles. The second kappa shape index (κ2) is 6.15. The molecule has 20 heavy (non-hydrogen) atoms. The average molecular weight is 357 g/mol. The summed E-state index contributed by atoms with van der Waals surface area (Å²) in [5.74, 6) is -0.0358. The number of phenolic OH excluding ortho intramolecular Hbond substituents is 1. The topological polar surface area (TPSA) is 58.6 Å². The number of hydrogen-bond donors (Lipinski definition) is 2. The van der Waals surface area contributed by atoms with Crippen LogP contribution in [0.15, 0.2) is 40.9 Å². The first-order chi connectivity index (χ1) is 9.51. The van der Waals surface area contributed by atoms with Crippen LogP contribution < -0.4 is 10.1 Å². The van der Waals surface area contributed by atoms with Crippen LogP contribution in [-0.4, -0.2) is 18.1 Å². The highest BCUT2D eigenvalue weighted by Crippen LogP contribution is 2.29. The number of aromatic hydroxyl groups is 1. The largest absolute Gasteiger partial charge is 0.504 e. The van der Waals surface area contributed by atoms with E-state index in [1.165, 1.54) is 13.2 Å². The molecule has 1 amide bonds. The monoisotopic (exact) mass is 355 g/mol. The third-order valence-corrected chi connectivity index (χ3v) is 3.54. The van der Waals surface area contributed by atoms with Gasteiger partial charge in [0.15, 0.2) is 11.5 Å². The molecule has 2 aromatic rings. The molecule has 0 unspecified atom stereocenters. The van der Waals surface area contributed by atoms with Crippen molar-refractivity contribution in [1.29, 1.82) is 0 Å². The van der Waals surface area contributed by atoms with Gasteiger partial charge in [0.1, 0.15) is 0 Å². The first kappa shape index (κ1) is 14.7. The van der Waals surface area contributed by atoms with Crippen molar-refractivity contribution in [2.45, 2.75) is 0 Å². The van der Waals surface area contributed by atoms with Crippen LogP contribution in [0.3, 0.4) is 0 Å². The van der Waals surface area contributed by atoms with E-state index >= 15 is 0 Å². The molecule has 6 heteroatoms. The lowest BCUT2D eigenvalue weighted by molar-refractivity contribution is 0.102. The Kier molecular flexibility index (Phi) is 4.52. The Labute approximate surface area is 129 Å². The second-order valence-corrected chi connectivity index (χ2v) is 5.26. The summed E-state index contributed by atoms with van der Waals surface area (Å²) in [6.07, 6.45) is 0. The summed E-state index contributed by atoms with van der Waals surface area (Å²) in [5, 5.41) is 12.8. The van der Waals surface area contributed by atoms with E-state index in [0.29, 0.717) is 26.5 Å². The summed E-state index contributed by atoms with van der Waals surface area (Å²) < 4.78 is 5.57. The van der Waals surface area contributed by atoms with Crippen molar-refractivity contribution in [3.8, 4) is 11.5 Å². The molecule has 0 atom stereocenters. The fourth-order valence-electron chi connectivity index (χ4n) is 1.64. The van der Waals surface area contributed by atoms with Gasteiger partial charge in [0, 0.05) is 21.2 Å². The highest BCUT2D eigenvalue weighted by atomic mass is 79.9. The first-order valence-corrected chi connectivity index (χ1v) is 6.82. The number of carbonyl (C=O) groups excluding carboxylic acids is 1. The third kappa shape index (κ3) is 3.23. The minimum Gasteiger partial charge on any atom is -0.504 e. The molecule has 4 nitrogen and oxygen atoms in total. The van der Waals surface area contributed by atoms with Crippen molar-refractivity contribution in [3.05, 3.63) is 51.5 Å². The van der Waals surface area contributed by atoms with Gasteiger partial charge in [-0.15, -0.1) is 0 Å². The van der Waals surface area contributed by atoms with Gasteiger partial charge in [-0.05, 0) is 46.3 Å². The van der Waals surface area contributed by atoms with E-state index in [4.69, 9.17) is 16.3 Å². The first-order valence-electron chi connectivity index (χ1n) is 5.64. The highest BCUT2D eigenvalue weighted by Gasteiger charge is 2.12. The lowest BCUT2D eigenvalue weighted by atomic mass is 10.2. The Balaban J connectivity index is 2.23. The van der Waals surface area contributed by atoms with E-state index in [1.807, 2.05) is 0 Å². The number of carbonyl (C=O) groups is 1. The molecule has 2 rings (SSSR count). The van der Waals surface area contributed by atoms with Gasteiger partial charge < -0.3 is 15.2 Å². The van der Waals surface area contributed by atoms with E-state index in [9.17, 15) is 9.90 Å². The summed E-state index contributed by atoms with van der Waals surface area (Å²) in [4.78, 5) is 12.1. The molecule has 0 aliphatic heterocycles. The Hall–Kier alpha value is -1.72. The Morgan fingerprint density at radius 1 is 1.30 bits per heavy atom. The van der Waals surface area contributed by atoms with Crippen LogP contribution in [0.2, 0.25) is 5.02 Å². The summed E-state index contributed by atoms with van der Waals surface area (Å²) in [5.41, 5.74) is 0.869. The molecule has 0 aromatic heterocycles. The minimum atomic E-state index is -0.330. The van der Waals surface area contributed by atoms with Crippen molar-refractivity contribution < 1.29 is 14.6 Å². The predicted octanol–water partition coefficient (Wildman–Crippen LogP) is 4.07. The van der Waals surface area contributed by atoms with Crippen molar-refractivity contribution in [2.24, 2.45) is 0 Å². The number of hydrogen-bond acceptors (Lipinski definition) is 3. The summed E-state index contributed by atoms with van der Waals surface area (Å²) in [7, 11) is 1.45. The Morgan fingerprint density at radius 2 is 2.05 bits per heavy atom. The molecular formula is C14H11BrClNO3. The predicted molar refractivity (Wildman–Crippen MR) is 81.8 cm³/mol. The maximum absolute atomic E-state index is 12.1. The van der Waals surface area contributed by atoms with Crippen molar-refractivity contribution in [1.82, 2.24) is 0 Å². The van der Waals surface area contributed by atoms with Gasteiger partial charge in [-0.3, -0.25) is 4.79 Å². The summed E-state index contributed by atoms with van der Waals surface area (Å²) in [6, 6.07) is 9.55. The number of nitrogens with one attached hydrogen (secondary N) is 1. The van der Waals surface area contributed by atoms with Crippen LogP contribution in [0.4, 0.5) is 5.69 Å². The quantitative estimate of drug-likeness (QED) is 0.871. The SMILES string of the molecule is COc1ccc(NC(=O)c2cc(Cl)ccc2Br)cc1O. The summed E-state index contributed by atoms with van der Waals surface area (Å²) >= 11 is 9.16. The molecular weight excluding hydrogens is 346 g/mol. The van der Waals surface area contributed by atoms with Gasteiger partial charge in [-0.1, -0.05) is 11.6 Å². The van der Waals surface area contributed by atoms with Crippen LogP contribution >= 0.6 is 27.5 Å². The normalized spacial score (nSPS) is 10.2. The molecule has 2 aromatic carbocycles. The lowest BCUT2D eigenvalue weighted by Gasteiger charge is -2.09. The van der Waals surface area contributed by atoms with Crippen molar-refractivity contribution >= 4 is 39.1 Å². The molecule has 0 bridgehead atoms. The number of methoxy groups -OCH3 is 1. The number of halogens is 2. The molecule has 0 saturated heterocycles. The molecule has 0 spiro atoms. The zero-order chi connectivity index (χ0) is 14.7. The molecule has 0 radical (unpaired) electrons. The van der Waals surface area contributed by atoms with Gasteiger partial charge in [0.05, 0.1) is 12.7 Å². The van der Waals surface area contributed by atoms with Gasteiger partial charge in [0.2, 0.25) is 0 Å². The number of phenols is 1. The van der Waals surface area contributed by atoms with Crippen LogP contribution in [-0.2, 0) is 0 Å². The summed E-state index contributed by atoms with van der Waals surface area (Å²) in [6.45, 7) is 0. The van der Waals surface area contributed by atoms with E-state index in [1.54, 1.807) is 30.3 Å². The van der Waals surface area contributed by atoms with Crippen LogP contribution in [0.5, 0.6) is 11.5 Å². The standard InChI is InChI=1S/C14H11BrClNO3/c1-20-13-5-3-9(7-12(13)18)17-14(19)10-6-8(16)2-4-11(10)15/h2-7,18H,1H3,(H,17,19). The highest BCUT2D eigenvalue weighted by molar-refractivity contribution is 9.10. The fraction of sp³-hybridized carbons (Fsp3) is 0.0714. The van der Waals surface area contributed by atoms with E-state index in [0.717, 1.165) is 0 Å². The van der Waals surface area contributed by atoms with E-state index in [2.05, 4.69) is 21.2 Å². The molecule has 2 N–H and O–H groups in total. The number of amides is 1. The fourth-order valence-corrected chi connectivity index (χ4v) is 2.24. The lowest BCUT2D eigenvalue weighted by Crippen LogP contribution is -2.12. The van der Waals surface area contributed by atoms with Gasteiger partial charge in [-0.2, -0.15) is 0 Å².